The van der Waals surface area contributed by atoms with Crippen LogP contribution in [0.5, 0.6) is 5.75 Å². The molecule has 24 heavy (non-hydrogen) atoms. The van der Waals surface area contributed by atoms with Gasteiger partial charge in [0, 0.05) is 18.8 Å². The standard InChI is InChI=1S/C18H28N4O2/c1-14-6-7-15(24-2)16(20-14)21-12-8-18(9-13-21,17(19)23)22-10-4-3-5-11-22/h6-7H,3-5,8-13H2,1-2H3,(H2,19,23). The number of pyridine rings is 1. The van der Waals surface area contributed by atoms with E-state index in [2.05, 4.69) is 14.8 Å². The lowest BCUT2D eigenvalue weighted by Gasteiger charge is -2.48. The molecule has 0 saturated carbocycles. The molecule has 1 amide bonds. The Hall–Kier alpha value is -1.82. The summed E-state index contributed by atoms with van der Waals surface area (Å²) in [5, 5.41) is 0. The molecule has 132 valence electrons. The number of hydrogen-bond acceptors (Lipinski definition) is 5. The fourth-order valence-corrected chi connectivity index (χ4v) is 4.04. The molecule has 2 fully saturated rings. The summed E-state index contributed by atoms with van der Waals surface area (Å²) in [5.41, 5.74) is 6.33. The van der Waals surface area contributed by atoms with Crippen molar-refractivity contribution >= 4 is 11.7 Å². The lowest BCUT2D eigenvalue weighted by Crippen LogP contribution is -2.63. The predicted molar refractivity (Wildman–Crippen MR) is 94.3 cm³/mol. The molecule has 2 aliphatic heterocycles. The third-order valence-electron chi connectivity index (χ3n) is 5.51. The zero-order valence-corrected chi connectivity index (χ0v) is 14.8. The van der Waals surface area contributed by atoms with Gasteiger partial charge >= 0.3 is 0 Å². The van der Waals surface area contributed by atoms with Gasteiger partial charge in [0.1, 0.15) is 5.54 Å². The van der Waals surface area contributed by atoms with Crippen LogP contribution >= 0.6 is 0 Å². The summed E-state index contributed by atoms with van der Waals surface area (Å²) < 4.78 is 5.46. The van der Waals surface area contributed by atoms with Crippen LogP contribution in [0.25, 0.3) is 0 Å². The van der Waals surface area contributed by atoms with Gasteiger partial charge in [-0.05, 0) is 57.8 Å². The average molecular weight is 332 g/mol. The second kappa shape index (κ2) is 6.97. The molecule has 0 spiro atoms. The molecule has 0 aliphatic carbocycles. The van der Waals surface area contributed by atoms with E-state index in [-0.39, 0.29) is 5.91 Å². The van der Waals surface area contributed by atoms with Crippen LogP contribution in [0.1, 0.15) is 37.8 Å². The minimum Gasteiger partial charge on any atom is -0.493 e. The van der Waals surface area contributed by atoms with E-state index in [0.29, 0.717) is 0 Å². The highest BCUT2D eigenvalue weighted by molar-refractivity contribution is 5.85. The van der Waals surface area contributed by atoms with E-state index in [1.54, 1.807) is 7.11 Å². The highest BCUT2D eigenvalue weighted by Crippen LogP contribution is 2.35. The lowest BCUT2D eigenvalue weighted by atomic mass is 9.83. The maximum Gasteiger partial charge on any atom is 0.238 e. The number of amides is 1. The lowest BCUT2D eigenvalue weighted by molar-refractivity contribution is -0.132. The number of carbonyl (C=O) groups excluding carboxylic acids is 1. The predicted octanol–water partition coefficient (Wildman–Crippen LogP) is 1.71. The number of hydrogen-bond donors (Lipinski definition) is 1. The van der Waals surface area contributed by atoms with Crippen molar-refractivity contribution in [1.29, 1.82) is 0 Å². The van der Waals surface area contributed by atoms with E-state index in [1.807, 2.05) is 19.1 Å². The number of nitrogens with zero attached hydrogens (tertiary/aromatic N) is 3. The zero-order chi connectivity index (χ0) is 17.2. The van der Waals surface area contributed by atoms with E-state index >= 15 is 0 Å². The van der Waals surface area contributed by atoms with Crippen molar-refractivity contribution in [1.82, 2.24) is 9.88 Å². The number of ether oxygens (including phenoxy) is 1. The van der Waals surface area contributed by atoms with E-state index in [0.717, 1.165) is 69.1 Å². The van der Waals surface area contributed by atoms with Crippen LogP contribution < -0.4 is 15.4 Å². The van der Waals surface area contributed by atoms with Gasteiger partial charge in [0.05, 0.1) is 7.11 Å². The average Bonchev–Trinajstić information content (AvgIpc) is 2.62. The minimum atomic E-state index is -0.492. The summed E-state index contributed by atoms with van der Waals surface area (Å²) in [6.45, 7) is 5.48. The SMILES string of the molecule is COc1ccc(C)nc1N1CCC(C(N)=O)(N2CCCCC2)CC1. The number of carbonyl (C=O) groups is 1. The Morgan fingerprint density at radius 2 is 1.83 bits per heavy atom. The fourth-order valence-electron chi connectivity index (χ4n) is 4.04. The Morgan fingerprint density at radius 3 is 2.42 bits per heavy atom. The van der Waals surface area contributed by atoms with Crippen LogP contribution in [-0.4, -0.2) is 54.6 Å². The van der Waals surface area contributed by atoms with E-state index < -0.39 is 5.54 Å². The molecule has 0 aromatic carbocycles. The van der Waals surface area contributed by atoms with E-state index in [9.17, 15) is 4.79 Å². The molecule has 0 radical (unpaired) electrons. The van der Waals surface area contributed by atoms with Crippen molar-refractivity contribution in [2.45, 2.75) is 44.6 Å². The Bertz CT molecular complexity index is 591. The molecule has 1 aromatic heterocycles. The number of likely N-dealkylation sites (tertiary alicyclic amines) is 1. The fraction of sp³-hybridized carbons (Fsp3) is 0.667. The molecular formula is C18H28N4O2. The number of nitrogens with two attached hydrogens (primary N) is 1. The van der Waals surface area contributed by atoms with Gasteiger partial charge in [-0.15, -0.1) is 0 Å². The van der Waals surface area contributed by atoms with Crippen LogP contribution in [0.3, 0.4) is 0 Å². The van der Waals surface area contributed by atoms with Crippen molar-refractivity contribution in [3.05, 3.63) is 17.8 Å². The number of piperidine rings is 2. The summed E-state index contributed by atoms with van der Waals surface area (Å²) in [6.07, 6.45) is 5.07. The number of aromatic nitrogens is 1. The number of rotatable bonds is 4. The number of primary amides is 1. The number of aryl methyl sites for hydroxylation is 1. The molecule has 6 nitrogen and oxygen atoms in total. The van der Waals surface area contributed by atoms with Crippen molar-refractivity contribution in [2.24, 2.45) is 5.73 Å². The monoisotopic (exact) mass is 332 g/mol. The van der Waals surface area contributed by atoms with Gasteiger partial charge in [-0.2, -0.15) is 0 Å². The summed E-state index contributed by atoms with van der Waals surface area (Å²) in [4.78, 5) is 21.5. The molecule has 6 heteroatoms. The molecule has 3 heterocycles. The van der Waals surface area contributed by atoms with Crippen LogP contribution in [0.2, 0.25) is 0 Å². The smallest absolute Gasteiger partial charge is 0.238 e. The Labute approximate surface area is 144 Å². The summed E-state index contributed by atoms with van der Waals surface area (Å²) in [7, 11) is 1.67. The van der Waals surface area contributed by atoms with Gasteiger partial charge in [-0.3, -0.25) is 9.69 Å². The Kier molecular flexibility index (Phi) is 4.94. The van der Waals surface area contributed by atoms with Crippen LogP contribution in [0, 0.1) is 6.92 Å². The first-order valence-corrected chi connectivity index (χ1v) is 8.88. The normalized spacial score (nSPS) is 21.5. The summed E-state index contributed by atoms with van der Waals surface area (Å²) in [5.74, 6) is 1.48. The minimum absolute atomic E-state index is 0.173. The molecular weight excluding hydrogens is 304 g/mol. The molecule has 2 aliphatic rings. The second-order valence-electron chi connectivity index (χ2n) is 6.91. The van der Waals surface area contributed by atoms with Gasteiger partial charge in [-0.1, -0.05) is 6.42 Å². The second-order valence-corrected chi connectivity index (χ2v) is 6.91. The van der Waals surface area contributed by atoms with Gasteiger partial charge in [0.2, 0.25) is 5.91 Å². The first kappa shape index (κ1) is 17.0. The van der Waals surface area contributed by atoms with Gasteiger partial charge < -0.3 is 15.4 Å². The van der Waals surface area contributed by atoms with Gasteiger partial charge in [0.25, 0.3) is 0 Å². The third kappa shape index (κ3) is 3.07. The molecule has 3 rings (SSSR count). The first-order chi connectivity index (χ1) is 11.6. The first-order valence-electron chi connectivity index (χ1n) is 8.88. The van der Waals surface area contributed by atoms with E-state index in [1.165, 1.54) is 6.42 Å². The molecule has 0 bridgehead atoms. The molecule has 2 saturated heterocycles. The largest absolute Gasteiger partial charge is 0.493 e. The highest BCUT2D eigenvalue weighted by Gasteiger charge is 2.45. The number of anilines is 1. The van der Waals surface area contributed by atoms with Gasteiger partial charge in [-0.25, -0.2) is 4.98 Å². The van der Waals surface area contributed by atoms with E-state index in [4.69, 9.17) is 10.5 Å². The quantitative estimate of drug-likeness (QED) is 0.909. The molecule has 1 aromatic rings. The van der Waals surface area contributed by atoms with Gasteiger partial charge in [0.15, 0.2) is 11.6 Å². The van der Waals surface area contributed by atoms with Crippen LogP contribution in [0.15, 0.2) is 12.1 Å². The van der Waals surface area contributed by atoms with Crippen molar-refractivity contribution in [3.63, 3.8) is 0 Å². The third-order valence-corrected chi connectivity index (χ3v) is 5.51. The van der Waals surface area contributed by atoms with Crippen molar-refractivity contribution < 1.29 is 9.53 Å². The Balaban J connectivity index is 1.78. The molecule has 0 atom stereocenters. The maximum atomic E-state index is 12.3. The highest BCUT2D eigenvalue weighted by atomic mass is 16.5. The van der Waals surface area contributed by atoms with Crippen LogP contribution in [0.4, 0.5) is 5.82 Å². The van der Waals surface area contributed by atoms with Crippen LogP contribution in [-0.2, 0) is 4.79 Å². The number of methoxy groups -OCH3 is 1. The summed E-state index contributed by atoms with van der Waals surface area (Å²) in [6, 6.07) is 3.91. The molecule has 2 N–H and O–H groups in total. The zero-order valence-electron chi connectivity index (χ0n) is 14.8. The van der Waals surface area contributed by atoms with Crippen molar-refractivity contribution in [3.8, 4) is 5.75 Å². The molecule has 0 unspecified atom stereocenters. The van der Waals surface area contributed by atoms with Crippen molar-refractivity contribution in [2.75, 3.05) is 38.2 Å². The maximum absolute atomic E-state index is 12.3. The topological polar surface area (TPSA) is 71.7 Å². The Morgan fingerprint density at radius 1 is 1.17 bits per heavy atom. The summed E-state index contributed by atoms with van der Waals surface area (Å²) >= 11 is 0.